The van der Waals surface area contributed by atoms with Crippen molar-refractivity contribution in [3.63, 3.8) is 0 Å². The van der Waals surface area contributed by atoms with Crippen molar-refractivity contribution in [3.05, 3.63) is 60.2 Å². The highest BCUT2D eigenvalue weighted by atomic mass is 32.2. The Morgan fingerprint density at radius 1 is 1.11 bits per heavy atom. The number of hydrogen-bond acceptors (Lipinski definition) is 4. The fourth-order valence-corrected chi connectivity index (χ4v) is 3.82. The minimum Gasteiger partial charge on any atom is -0.497 e. The van der Waals surface area contributed by atoms with Crippen LogP contribution in [-0.4, -0.2) is 34.2 Å². The van der Waals surface area contributed by atoms with Crippen molar-refractivity contribution in [1.29, 1.82) is 0 Å². The Morgan fingerprint density at radius 2 is 1.79 bits per heavy atom. The van der Waals surface area contributed by atoms with Gasteiger partial charge < -0.3 is 10.1 Å². The third kappa shape index (κ3) is 6.27. The topological polar surface area (TPSA) is 75.7 Å². The van der Waals surface area contributed by atoms with E-state index in [2.05, 4.69) is 19.2 Å². The van der Waals surface area contributed by atoms with E-state index in [0.29, 0.717) is 17.4 Å². The SMILES string of the molecule is COc1cccc(N(CC(=O)N[C@H](CC(C)C)c2ccccc2)S(C)(=O)=O)c1. The van der Waals surface area contributed by atoms with Gasteiger partial charge >= 0.3 is 0 Å². The molecule has 0 aliphatic carbocycles. The summed E-state index contributed by atoms with van der Waals surface area (Å²) in [4.78, 5) is 12.7. The molecule has 2 aromatic carbocycles. The van der Waals surface area contributed by atoms with Crippen LogP contribution >= 0.6 is 0 Å². The van der Waals surface area contributed by atoms with Gasteiger partial charge in [0.05, 0.1) is 25.1 Å². The van der Waals surface area contributed by atoms with Gasteiger partial charge in [-0.05, 0) is 30.0 Å². The van der Waals surface area contributed by atoms with Gasteiger partial charge in [-0.25, -0.2) is 8.42 Å². The number of ether oxygens (including phenoxy) is 1. The molecule has 0 spiro atoms. The van der Waals surface area contributed by atoms with Crippen LogP contribution in [0.15, 0.2) is 54.6 Å². The first-order valence-corrected chi connectivity index (χ1v) is 11.0. The molecular formula is C21H28N2O4S. The summed E-state index contributed by atoms with van der Waals surface area (Å²) in [5.74, 6) is 0.533. The van der Waals surface area contributed by atoms with Crippen molar-refractivity contribution in [2.45, 2.75) is 26.3 Å². The standard InChI is InChI=1S/C21H28N2O4S/c1-16(2)13-20(17-9-6-5-7-10-17)22-21(24)15-23(28(4,25)26)18-11-8-12-19(14-18)27-3/h5-12,14,16,20H,13,15H2,1-4H3,(H,22,24)/t20-/m1/s1. The molecule has 0 saturated carbocycles. The molecule has 0 heterocycles. The van der Waals surface area contributed by atoms with E-state index in [4.69, 9.17) is 4.74 Å². The molecule has 1 atom stereocenters. The number of benzene rings is 2. The molecule has 28 heavy (non-hydrogen) atoms. The highest BCUT2D eigenvalue weighted by molar-refractivity contribution is 7.92. The van der Waals surface area contributed by atoms with Gasteiger partial charge in [-0.15, -0.1) is 0 Å². The lowest BCUT2D eigenvalue weighted by Gasteiger charge is -2.25. The number of hydrogen-bond donors (Lipinski definition) is 1. The van der Waals surface area contributed by atoms with E-state index in [0.717, 1.165) is 22.5 Å². The molecule has 152 valence electrons. The Kier molecular flexibility index (Phi) is 7.45. The lowest BCUT2D eigenvalue weighted by molar-refractivity contribution is -0.120. The average molecular weight is 405 g/mol. The van der Waals surface area contributed by atoms with E-state index in [1.54, 1.807) is 24.3 Å². The predicted octanol–water partition coefficient (Wildman–Crippen LogP) is 3.36. The summed E-state index contributed by atoms with van der Waals surface area (Å²) in [7, 11) is -2.14. The summed E-state index contributed by atoms with van der Waals surface area (Å²) in [6, 6.07) is 16.2. The zero-order chi connectivity index (χ0) is 20.7. The van der Waals surface area contributed by atoms with Gasteiger partial charge in [-0.2, -0.15) is 0 Å². The lowest BCUT2D eigenvalue weighted by atomic mass is 9.97. The fraction of sp³-hybridized carbons (Fsp3) is 0.381. The molecule has 1 N–H and O–H groups in total. The summed E-state index contributed by atoms with van der Waals surface area (Å²) in [6.07, 6.45) is 1.84. The predicted molar refractivity (Wildman–Crippen MR) is 112 cm³/mol. The van der Waals surface area contributed by atoms with Crippen LogP contribution in [0.1, 0.15) is 31.9 Å². The molecule has 0 aromatic heterocycles. The Balaban J connectivity index is 2.22. The molecule has 0 aliphatic rings. The maximum absolute atomic E-state index is 12.7. The first-order valence-electron chi connectivity index (χ1n) is 9.16. The number of nitrogens with one attached hydrogen (secondary N) is 1. The number of rotatable bonds is 9. The molecule has 0 aliphatic heterocycles. The van der Waals surface area contributed by atoms with Gasteiger partial charge in [0.1, 0.15) is 12.3 Å². The molecule has 0 fully saturated rings. The van der Waals surface area contributed by atoms with Gasteiger partial charge in [0.2, 0.25) is 15.9 Å². The Morgan fingerprint density at radius 3 is 2.36 bits per heavy atom. The molecule has 1 amide bonds. The second-order valence-corrected chi connectivity index (χ2v) is 9.04. The monoisotopic (exact) mass is 404 g/mol. The van der Waals surface area contributed by atoms with E-state index in [9.17, 15) is 13.2 Å². The molecule has 7 heteroatoms. The van der Waals surface area contributed by atoms with Gasteiger partial charge in [-0.3, -0.25) is 9.10 Å². The molecule has 0 unspecified atom stereocenters. The van der Waals surface area contributed by atoms with Crippen LogP contribution in [0.2, 0.25) is 0 Å². The largest absolute Gasteiger partial charge is 0.497 e. The van der Waals surface area contributed by atoms with E-state index >= 15 is 0 Å². The molecule has 2 rings (SSSR count). The molecule has 0 radical (unpaired) electrons. The van der Waals surface area contributed by atoms with Crippen molar-refractivity contribution in [2.75, 3.05) is 24.2 Å². The smallest absolute Gasteiger partial charge is 0.241 e. The van der Waals surface area contributed by atoms with Gasteiger partial charge in [-0.1, -0.05) is 50.2 Å². The second kappa shape index (κ2) is 9.59. The van der Waals surface area contributed by atoms with Gasteiger partial charge in [0, 0.05) is 6.07 Å². The van der Waals surface area contributed by atoms with Crippen molar-refractivity contribution in [3.8, 4) is 5.75 Å². The van der Waals surface area contributed by atoms with Crippen LogP contribution < -0.4 is 14.4 Å². The van der Waals surface area contributed by atoms with E-state index < -0.39 is 10.0 Å². The highest BCUT2D eigenvalue weighted by Crippen LogP contribution is 2.24. The molecular weight excluding hydrogens is 376 g/mol. The maximum Gasteiger partial charge on any atom is 0.241 e. The molecule has 0 saturated heterocycles. The van der Waals surface area contributed by atoms with E-state index in [1.807, 2.05) is 30.3 Å². The summed E-state index contributed by atoms with van der Waals surface area (Å²) in [6.45, 7) is 3.87. The van der Waals surface area contributed by atoms with Crippen LogP contribution in [0, 0.1) is 5.92 Å². The van der Waals surface area contributed by atoms with E-state index in [1.165, 1.54) is 7.11 Å². The minimum atomic E-state index is -3.64. The van der Waals surface area contributed by atoms with Crippen molar-refractivity contribution in [2.24, 2.45) is 5.92 Å². The van der Waals surface area contributed by atoms with Crippen LogP contribution in [-0.2, 0) is 14.8 Å². The summed E-state index contributed by atoms with van der Waals surface area (Å²) in [5, 5.41) is 2.99. The summed E-state index contributed by atoms with van der Waals surface area (Å²) in [5.41, 5.74) is 1.38. The number of carbonyl (C=O) groups excluding carboxylic acids is 1. The Hall–Kier alpha value is -2.54. The zero-order valence-electron chi connectivity index (χ0n) is 16.8. The normalized spacial score (nSPS) is 12.5. The number of amides is 1. The zero-order valence-corrected chi connectivity index (χ0v) is 17.6. The third-order valence-electron chi connectivity index (χ3n) is 4.27. The van der Waals surface area contributed by atoms with Crippen LogP contribution in [0.25, 0.3) is 0 Å². The second-order valence-electron chi connectivity index (χ2n) is 7.13. The molecule has 6 nitrogen and oxygen atoms in total. The maximum atomic E-state index is 12.7. The number of carbonyl (C=O) groups is 1. The average Bonchev–Trinajstić information content (AvgIpc) is 2.65. The van der Waals surface area contributed by atoms with Gasteiger partial charge in [0.25, 0.3) is 0 Å². The minimum absolute atomic E-state index is 0.180. The van der Waals surface area contributed by atoms with Crippen molar-refractivity contribution in [1.82, 2.24) is 5.32 Å². The Bertz CT molecular complexity index is 882. The van der Waals surface area contributed by atoms with Crippen molar-refractivity contribution >= 4 is 21.6 Å². The number of nitrogens with zero attached hydrogens (tertiary/aromatic N) is 1. The first-order chi connectivity index (χ1) is 13.2. The number of sulfonamides is 1. The summed E-state index contributed by atoms with van der Waals surface area (Å²) < 4.78 is 30.9. The third-order valence-corrected chi connectivity index (χ3v) is 5.41. The molecule has 0 bridgehead atoms. The summed E-state index contributed by atoms with van der Waals surface area (Å²) >= 11 is 0. The van der Waals surface area contributed by atoms with E-state index in [-0.39, 0.29) is 18.5 Å². The fourth-order valence-electron chi connectivity index (χ4n) is 2.97. The highest BCUT2D eigenvalue weighted by Gasteiger charge is 2.23. The lowest BCUT2D eigenvalue weighted by Crippen LogP contribution is -2.41. The number of methoxy groups -OCH3 is 1. The first kappa shape index (κ1) is 21.8. The van der Waals surface area contributed by atoms with Crippen LogP contribution in [0.4, 0.5) is 5.69 Å². The molecule has 2 aromatic rings. The van der Waals surface area contributed by atoms with Gasteiger partial charge in [0.15, 0.2) is 0 Å². The Labute approximate surface area is 167 Å². The van der Waals surface area contributed by atoms with Crippen LogP contribution in [0.5, 0.6) is 5.75 Å². The van der Waals surface area contributed by atoms with Crippen LogP contribution in [0.3, 0.4) is 0 Å². The quantitative estimate of drug-likeness (QED) is 0.695. The van der Waals surface area contributed by atoms with Crippen molar-refractivity contribution < 1.29 is 17.9 Å². The number of anilines is 1.